The van der Waals surface area contributed by atoms with Crippen molar-refractivity contribution < 1.29 is 0 Å². The van der Waals surface area contributed by atoms with Crippen molar-refractivity contribution in [2.75, 3.05) is 19.0 Å². The van der Waals surface area contributed by atoms with Gasteiger partial charge in [-0.15, -0.1) is 0 Å². The molecule has 0 atom stereocenters. The molecule has 0 bridgehead atoms. The third kappa shape index (κ3) is 5.55. The molecule has 0 fully saturated rings. The van der Waals surface area contributed by atoms with Crippen molar-refractivity contribution in [3.63, 3.8) is 0 Å². The van der Waals surface area contributed by atoms with Crippen LogP contribution < -0.4 is 4.90 Å². The molecule has 4 rings (SSSR count). The lowest BCUT2D eigenvalue weighted by molar-refractivity contribution is 1.13. The number of rotatable bonds is 6. The molecule has 0 radical (unpaired) electrons. The van der Waals surface area contributed by atoms with E-state index >= 15 is 0 Å². The van der Waals surface area contributed by atoms with E-state index in [4.69, 9.17) is 5.41 Å². The summed E-state index contributed by atoms with van der Waals surface area (Å²) >= 11 is 0. The summed E-state index contributed by atoms with van der Waals surface area (Å²) in [6.07, 6.45) is 14.2. The second kappa shape index (κ2) is 10.4. The lowest BCUT2D eigenvalue weighted by atomic mass is 9.94. The first-order valence-corrected chi connectivity index (χ1v) is 11.1. The normalized spacial score (nSPS) is 13.6. The molecular formula is C31H28N2. The average Bonchev–Trinajstić information content (AvgIpc) is 2.86. The Kier molecular flexibility index (Phi) is 6.96. The third-order valence-corrected chi connectivity index (χ3v) is 5.59. The number of benzene rings is 3. The van der Waals surface area contributed by atoms with Crippen LogP contribution in [0.15, 0.2) is 133 Å². The van der Waals surface area contributed by atoms with Crippen molar-refractivity contribution in [1.82, 2.24) is 0 Å². The topological polar surface area (TPSA) is 27.1 Å². The Balaban J connectivity index is 1.76. The van der Waals surface area contributed by atoms with E-state index in [1.54, 1.807) is 0 Å². The van der Waals surface area contributed by atoms with Gasteiger partial charge in [0.15, 0.2) is 0 Å². The molecule has 0 saturated heterocycles. The number of nitrogens with one attached hydrogen (secondary N) is 1. The van der Waals surface area contributed by atoms with Gasteiger partial charge in [0.25, 0.3) is 0 Å². The summed E-state index contributed by atoms with van der Waals surface area (Å²) in [5.74, 6) is 0. The highest BCUT2D eigenvalue weighted by Crippen LogP contribution is 2.27. The summed E-state index contributed by atoms with van der Waals surface area (Å²) in [4.78, 5) is 2.11. The van der Waals surface area contributed by atoms with Crippen LogP contribution in [0.2, 0.25) is 0 Å². The lowest BCUT2D eigenvalue weighted by Gasteiger charge is -2.14. The number of nitrogens with zero attached hydrogens (tertiary/aromatic N) is 1. The molecule has 1 aliphatic carbocycles. The third-order valence-electron chi connectivity index (χ3n) is 5.59. The van der Waals surface area contributed by atoms with Crippen LogP contribution in [0.3, 0.4) is 0 Å². The second-order valence-electron chi connectivity index (χ2n) is 8.10. The maximum atomic E-state index is 7.82. The van der Waals surface area contributed by atoms with Gasteiger partial charge >= 0.3 is 0 Å². The predicted molar refractivity (Wildman–Crippen MR) is 143 cm³/mol. The molecule has 2 nitrogen and oxygen atoms in total. The maximum Gasteiger partial charge on any atom is 0.0540 e. The van der Waals surface area contributed by atoms with E-state index in [0.717, 1.165) is 16.7 Å². The zero-order valence-electron chi connectivity index (χ0n) is 19.1. The summed E-state index contributed by atoms with van der Waals surface area (Å²) < 4.78 is 0. The van der Waals surface area contributed by atoms with E-state index in [9.17, 15) is 0 Å². The van der Waals surface area contributed by atoms with Gasteiger partial charge in [0.1, 0.15) is 0 Å². The Morgan fingerprint density at radius 1 is 0.667 bits per heavy atom. The molecule has 0 saturated carbocycles. The number of anilines is 1. The molecule has 0 aliphatic heterocycles. The summed E-state index contributed by atoms with van der Waals surface area (Å²) in [6, 6.07) is 29.5. The van der Waals surface area contributed by atoms with E-state index in [1.165, 1.54) is 22.4 Å². The standard InChI is InChI=1S/C31H28N2/c1-33(2)29-22-18-27(19-23-29)31(25-12-7-4-8-13-25)15-9-14-30(24-10-5-3-6-11-24)26-16-20-28(32)21-17-26/h3-23,32H,1-2H3. The molecule has 1 aliphatic rings. The van der Waals surface area contributed by atoms with E-state index in [1.807, 2.05) is 36.4 Å². The summed E-state index contributed by atoms with van der Waals surface area (Å²) in [5, 5.41) is 7.82. The van der Waals surface area contributed by atoms with Gasteiger partial charge in [0.2, 0.25) is 0 Å². The van der Waals surface area contributed by atoms with Crippen molar-refractivity contribution in [1.29, 1.82) is 5.41 Å². The van der Waals surface area contributed by atoms with Crippen LogP contribution in [-0.4, -0.2) is 19.8 Å². The molecule has 3 aromatic rings. The molecule has 0 amide bonds. The molecule has 33 heavy (non-hydrogen) atoms. The highest BCUT2D eigenvalue weighted by Gasteiger charge is 2.07. The van der Waals surface area contributed by atoms with Gasteiger partial charge in [-0.3, -0.25) is 0 Å². The van der Waals surface area contributed by atoms with Crippen LogP contribution in [0.5, 0.6) is 0 Å². The van der Waals surface area contributed by atoms with Crippen LogP contribution in [0.4, 0.5) is 5.69 Å². The smallest absolute Gasteiger partial charge is 0.0540 e. The summed E-state index contributed by atoms with van der Waals surface area (Å²) in [5.41, 5.74) is 8.60. The fourth-order valence-corrected chi connectivity index (χ4v) is 3.78. The highest BCUT2D eigenvalue weighted by molar-refractivity contribution is 6.04. The largest absolute Gasteiger partial charge is 0.378 e. The Labute approximate surface area is 196 Å². The molecule has 162 valence electrons. The average molecular weight is 429 g/mol. The van der Waals surface area contributed by atoms with Crippen LogP contribution in [-0.2, 0) is 0 Å². The minimum atomic E-state index is 0.516. The molecule has 0 aromatic heterocycles. The first-order chi connectivity index (χ1) is 16.1. The van der Waals surface area contributed by atoms with E-state index in [0.29, 0.717) is 5.71 Å². The van der Waals surface area contributed by atoms with Gasteiger partial charge < -0.3 is 10.3 Å². The quantitative estimate of drug-likeness (QED) is 0.409. The lowest BCUT2D eigenvalue weighted by Crippen LogP contribution is -2.08. The first-order valence-electron chi connectivity index (χ1n) is 11.1. The van der Waals surface area contributed by atoms with Crippen LogP contribution in [0.1, 0.15) is 16.7 Å². The fourth-order valence-electron chi connectivity index (χ4n) is 3.78. The molecule has 0 unspecified atom stereocenters. The minimum Gasteiger partial charge on any atom is -0.378 e. The Morgan fingerprint density at radius 2 is 1.21 bits per heavy atom. The molecule has 0 spiro atoms. The molecule has 3 aromatic carbocycles. The Bertz CT molecular complexity index is 1240. The zero-order chi connectivity index (χ0) is 23.0. The van der Waals surface area contributed by atoms with Gasteiger partial charge in [-0.2, -0.15) is 0 Å². The van der Waals surface area contributed by atoms with Gasteiger partial charge in [-0.05, 0) is 57.7 Å². The molecule has 0 heterocycles. The van der Waals surface area contributed by atoms with Crippen molar-refractivity contribution >= 4 is 22.5 Å². The predicted octanol–water partition coefficient (Wildman–Crippen LogP) is 7.34. The van der Waals surface area contributed by atoms with Gasteiger partial charge in [-0.1, -0.05) is 103 Å². The number of hydrogen-bond acceptors (Lipinski definition) is 2. The van der Waals surface area contributed by atoms with Gasteiger partial charge in [0, 0.05) is 19.8 Å². The Hall–Kier alpha value is -4.17. The minimum absolute atomic E-state index is 0.516. The Morgan fingerprint density at radius 3 is 1.79 bits per heavy atom. The number of hydrogen-bond donors (Lipinski definition) is 1. The van der Waals surface area contributed by atoms with E-state index in [2.05, 4.69) is 110 Å². The molecular weight excluding hydrogens is 400 g/mol. The van der Waals surface area contributed by atoms with Crippen LogP contribution >= 0.6 is 0 Å². The van der Waals surface area contributed by atoms with Gasteiger partial charge in [0.05, 0.1) is 5.71 Å². The number of allylic oxidation sites excluding steroid dienone is 9. The SMILES string of the molecule is CN(C)c1ccc(C(=CC=CC(=C2C=CC(=N)C=C2)c2ccccc2)c2ccccc2)cc1. The first kappa shape index (κ1) is 22.0. The monoisotopic (exact) mass is 428 g/mol. The van der Waals surface area contributed by atoms with Crippen molar-refractivity contribution in [2.24, 2.45) is 0 Å². The van der Waals surface area contributed by atoms with E-state index in [-0.39, 0.29) is 0 Å². The molecule has 2 heteroatoms. The highest BCUT2D eigenvalue weighted by atomic mass is 15.1. The molecule has 1 N–H and O–H groups in total. The van der Waals surface area contributed by atoms with Crippen LogP contribution in [0.25, 0.3) is 11.1 Å². The second-order valence-corrected chi connectivity index (χ2v) is 8.10. The van der Waals surface area contributed by atoms with E-state index < -0.39 is 0 Å². The summed E-state index contributed by atoms with van der Waals surface area (Å²) in [6.45, 7) is 0. The maximum absolute atomic E-state index is 7.82. The van der Waals surface area contributed by atoms with Crippen molar-refractivity contribution in [3.8, 4) is 0 Å². The zero-order valence-corrected chi connectivity index (χ0v) is 19.1. The van der Waals surface area contributed by atoms with Gasteiger partial charge in [-0.25, -0.2) is 0 Å². The van der Waals surface area contributed by atoms with Crippen LogP contribution in [0, 0.1) is 5.41 Å². The van der Waals surface area contributed by atoms with Crippen molar-refractivity contribution in [2.45, 2.75) is 0 Å². The van der Waals surface area contributed by atoms with Crippen molar-refractivity contribution in [3.05, 3.63) is 150 Å². The fraction of sp³-hybridized carbons (Fsp3) is 0.0645. The summed E-state index contributed by atoms with van der Waals surface area (Å²) in [7, 11) is 4.11.